The highest BCUT2D eigenvalue weighted by Crippen LogP contribution is 2.22. The lowest BCUT2D eigenvalue weighted by Crippen LogP contribution is -2.48. The van der Waals surface area contributed by atoms with Crippen LogP contribution in [-0.4, -0.2) is 53.4 Å². The van der Waals surface area contributed by atoms with E-state index in [1.807, 2.05) is 12.1 Å². The van der Waals surface area contributed by atoms with Crippen molar-refractivity contribution in [1.82, 2.24) is 15.2 Å². The predicted molar refractivity (Wildman–Crippen MR) is 101 cm³/mol. The summed E-state index contributed by atoms with van der Waals surface area (Å²) in [7, 11) is 0. The number of nitrogens with one attached hydrogen (secondary N) is 1. The molecule has 7 heteroatoms. The van der Waals surface area contributed by atoms with Crippen LogP contribution >= 0.6 is 0 Å². The number of carbonyl (C=O) groups is 3. The number of aromatic nitrogens is 1. The summed E-state index contributed by atoms with van der Waals surface area (Å²) in [5.74, 6) is -0.578. The molecule has 0 radical (unpaired) electrons. The Morgan fingerprint density at radius 2 is 2.11 bits per heavy atom. The lowest BCUT2D eigenvalue weighted by Gasteiger charge is -2.32. The molecular weight excluding hydrogens is 346 g/mol. The van der Waals surface area contributed by atoms with Gasteiger partial charge in [0.25, 0.3) is 0 Å². The Hall–Kier alpha value is -2.44. The summed E-state index contributed by atoms with van der Waals surface area (Å²) in [5, 5.41) is 2.77. The highest BCUT2D eigenvalue weighted by atomic mass is 16.5. The van der Waals surface area contributed by atoms with Crippen molar-refractivity contribution in [2.45, 2.75) is 52.0 Å². The summed E-state index contributed by atoms with van der Waals surface area (Å²) in [6, 6.07) is 3.60. The van der Waals surface area contributed by atoms with Gasteiger partial charge in [-0.25, -0.2) is 0 Å². The number of aryl methyl sites for hydroxylation is 1. The fourth-order valence-electron chi connectivity index (χ4n) is 3.35. The van der Waals surface area contributed by atoms with Gasteiger partial charge in [0.1, 0.15) is 0 Å². The Labute approximate surface area is 160 Å². The average molecular weight is 375 g/mol. The first-order valence-electron chi connectivity index (χ1n) is 9.62. The lowest BCUT2D eigenvalue weighted by molar-refractivity contribution is -0.144. The number of esters is 1. The fraction of sp³-hybridized carbons (Fsp3) is 0.600. The van der Waals surface area contributed by atoms with E-state index in [9.17, 15) is 14.4 Å². The average Bonchev–Trinajstić information content (AvgIpc) is 2.63. The Morgan fingerprint density at radius 1 is 1.37 bits per heavy atom. The third-order valence-corrected chi connectivity index (χ3v) is 4.69. The number of piperidine rings is 1. The Kier molecular flexibility index (Phi) is 8.23. The van der Waals surface area contributed by atoms with Gasteiger partial charge < -0.3 is 15.0 Å². The molecule has 148 valence electrons. The van der Waals surface area contributed by atoms with Crippen LogP contribution in [0.3, 0.4) is 0 Å². The molecule has 27 heavy (non-hydrogen) atoms. The van der Waals surface area contributed by atoms with Crippen molar-refractivity contribution >= 4 is 17.8 Å². The Balaban J connectivity index is 1.79. The predicted octanol–water partition coefficient (Wildman–Crippen LogP) is 1.71. The van der Waals surface area contributed by atoms with Crippen LogP contribution in [0.4, 0.5) is 0 Å². The smallest absolute Gasteiger partial charge is 0.307 e. The number of ether oxygens (including phenoxy) is 1. The van der Waals surface area contributed by atoms with Crippen LogP contribution < -0.4 is 5.32 Å². The second kappa shape index (κ2) is 10.6. The van der Waals surface area contributed by atoms with E-state index in [4.69, 9.17) is 4.74 Å². The van der Waals surface area contributed by atoms with Gasteiger partial charge in [-0.2, -0.15) is 0 Å². The molecule has 1 saturated heterocycles. The zero-order valence-electron chi connectivity index (χ0n) is 16.1. The SMILES string of the molecule is CCOC(=O)CC(C)NC(=O)CN1CCC[C@@H](CCc2ccncc2)C1=O. The van der Waals surface area contributed by atoms with Crippen LogP contribution in [0.25, 0.3) is 0 Å². The third-order valence-electron chi connectivity index (χ3n) is 4.69. The number of hydrogen-bond acceptors (Lipinski definition) is 5. The molecule has 1 aliphatic rings. The molecule has 0 spiro atoms. The highest BCUT2D eigenvalue weighted by molar-refractivity contribution is 5.86. The number of carbonyl (C=O) groups excluding carboxylic acids is 3. The van der Waals surface area contributed by atoms with Crippen LogP contribution in [0.1, 0.15) is 45.1 Å². The van der Waals surface area contributed by atoms with Crippen LogP contribution in [0.5, 0.6) is 0 Å². The molecule has 1 aliphatic heterocycles. The summed E-state index contributed by atoms with van der Waals surface area (Å²) in [4.78, 5) is 42.0. The van der Waals surface area contributed by atoms with Crippen LogP contribution in [0.2, 0.25) is 0 Å². The van der Waals surface area contributed by atoms with Gasteiger partial charge in [-0.1, -0.05) is 0 Å². The number of amides is 2. The molecule has 2 rings (SSSR count). The minimum atomic E-state index is -0.337. The quantitative estimate of drug-likeness (QED) is 0.664. The van der Waals surface area contributed by atoms with Crippen molar-refractivity contribution in [1.29, 1.82) is 0 Å². The highest BCUT2D eigenvalue weighted by Gasteiger charge is 2.29. The van der Waals surface area contributed by atoms with Crippen molar-refractivity contribution in [2.24, 2.45) is 5.92 Å². The molecule has 0 saturated carbocycles. The first-order chi connectivity index (χ1) is 13.0. The van der Waals surface area contributed by atoms with Gasteiger partial charge in [-0.3, -0.25) is 19.4 Å². The van der Waals surface area contributed by atoms with E-state index in [2.05, 4.69) is 10.3 Å². The summed E-state index contributed by atoms with van der Waals surface area (Å²) in [6.07, 6.45) is 7.01. The molecule has 2 heterocycles. The lowest BCUT2D eigenvalue weighted by atomic mass is 9.91. The van der Waals surface area contributed by atoms with Gasteiger partial charge in [-0.15, -0.1) is 0 Å². The van der Waals surface area contributed by atoms with Crippen molar-refractivity contribution < 1.29 is 19.1 Å². The minimum absolute atomic E-state index is 0.0394. The molecule has 0 aromatic carbocycles. The topological polar surface area (TPSA) is 88.6 Å². The molecule has 2 atom stereocenters. The first kappa shape index (κ1) is 20.9. The summed E-state index contributed by atoms with van der Waals surface area (Å²) < 4.78 is 4.88. The molecular formula is C20H29N3O4. The standard InChI is InChI=1S/C20H29N3O4/c1-3-27-19(25)13-15(2)22-18(24)14-23-12-4-5-17(20(23)26)7-6-16-8-10-21-11-9-16/h8-11,15,17H,3-7,12-14H2,1-2H3,(H,22,24)/t15?,17-/m0/s1. The zero-order chi connectivity index (χ0) is 19.6. The van der Waals surface area contributed by atoms with E-state index in [1.54, 1.807) is 31.1 Å². The Morgan fingerprint density at radius 3 is 2.81 bits per heavy atom. The number of rotatable bonds is 9. The molecule has 7 nitrogen and oxygen atoms in total. The van der Waals surface area contributed by atoms with Crippen molar-refractivity contribution in [2.75, 3.05) is 19.7 Å². The van der Waals surface area contributed by atoms with Crippen LogP contribution in [0.15, 0.2) is 24.5 Å². The van der Waals surface area contributed by atoms with Gasteiger partial charge in [-0.05, 0) is 57.2 Å². The summed E-state index contributed by atoms with van der Waals surface area (Å²) in [5.41, 5.74) is 1.17. The largest absolute Gasteiger partial charge is 0.466 e. The van der Waals surface area contributed by atoms with Crippen LogP contribution in [-0.2, 0) is 25.5 Å². The number of hydrogen-bond donors (Lipinski definition) is 1. The molecule has 1 unspecified atom stereocenters. The maximum Gasteiger partial charge on any atom is 0.307 e. The molecule has 1 N–H and O–H groups in total. The monoisotopic (exact) mass is 375 g/mol. The maximum absolute atomic E-state index is 12.7. The van der Waals surface area contributed by atoms with E-state index >= 15 is 0 Å². The summed E-state index contributed by atoms with van der Waals surface area (Å²) in [6.45, 7) is 4.46. The van der Waals surface area contributed by atoms with Crippen molar-refractivity contribution in [3.8, 4) is 0 Å². The first-order valence-corrected chi connectivity index (χ1v) is 9.62. The maximum atomic E-state index is 12.7. The third kappa shape index (κ3) is 7.00. The molecule has 2 amide bonds. The van der Waals surface area contributed by atoms with Crippen molar-refractivity contribution in [3.05, 3.63) is 30.1 Å². The summed E-state index contributed by atoms with van der Waals surface area (Å²) >= 11 is 0. The van der Waals surface area contributed by atoms with Gasteiger partial charge in [0.15, 0.2) is 0 Å². The molecule has 1 aromatic rings. The van der Waals surface area contributed by atoms with E-state index in [1.165, 1.54) is 5.56 Å². The van der Waals surface area contributed by atoms with Crippen LogP contribution in [0, 0.1) is 5.92 Å². The van der Waals surface area contributed by atoms with Gasteiger partial charge in [0.2, 0.25) is 11.8 Å². The van der Waals surface area contributed by atoms with Crippen molar-refractivity contribution in [3.63, 3.8) is 0 Å². The van der Waals surface area contributed by atoms with E-state index in [0.29, 0.717) is 13.2 Å². The van der Waals surface area contributed by atoms with E-state index in [0.717, 1.165) is 25.7 Å². The number of pyridine rings is 1. The second-order valence-electron chi connectivity index (χ2n) is 6.97. The zero-order valence-corrected chi connectivity index (χ0v) is 16.1. The van der Waals surface area contributed by atoms with Gasteiger partial charge in [0.05, 0.1) is 19.6 Å². The number of likely N-dealkylation sites (tertiary alicyclic amines) is 1. The van der Waals surface area contributed by atoms with E-state index < -0.39 is 0 Å². The fourth-order valence-corrected chi connectivity index (χ4v) is 3.35. The molecule has 1 fully saturated rings. The minimum Gasteiger partial charge on any atom is -0.466 e. The van der Waals surface area contributed by atoms with Gasteiger partial charge >= 0.3 is 5.97 Å². The molecule has 0 bridgehead atoms. The number of nitrogens with zero attached hydrogens (tertiary/aromatic N) is 2. The molecule has 1 aromatic heterocycles. The molecule has 0 aliphatic carbocycles. The van der Waals surface area contributed by atoms with E-state index in [-0.39, 0.29) is 42.7 Å². The normalized spacial score (nSPS) is 18.1. The van der Waals surface area contributed by atoms with Gasteiger partial charge in [0, 0.05) is 30.9 Å². The second-order valence-corrected chi connectivity index (χ2v) is 6.97. The Bertz CT molecular complexity index is 635.